The van der Waals surface area contributed by atoms with Gasteiger partial charge in [0.05, 0.1) is 5.56 Å². The average molecular weight is 230 g/mol. The lowest BCUT2D eigenvalue weighted by molar-refractivity contribution is 0.688. The Morgan fingerprint density at radius 1 is 1.00 bits per heavy atom. The topological polar surface area (TPSA) is 44.0 Å². The monoisotopic (exact) mass is 230 g/mol. The van der Waals surface area contributed by atoms with Crippen molar-refractivity contribution in [3.63, 3.8) is 0 Å². The van der Waals surface area contributed by atoms with Gasteiger partial charge < -0.3 is 4.57 Å². The first kappa shape index (κ1) is 11.4. The zero-order valence-electron chi connectivity index (χ0n) is 10.1. The molecule has 0 radical (unpaired) electrons. The highest BCUT2D eigenvalue weighted by Crippen LogP contribution is 2.18. The van der Waals surface area contributed by atoms with Crippen LogP contribution < -0.4 is 11.2 Å². The molecular weight excluding hydrogens is 216 g/mol. The van der Waals surface area contributed by atoms with Crippen molar-refractivity contribution in [3.8, 4) is 11.1 Å². The first-order valence-electron chi connectivity index (χ1n) is 5.35. The molecule has 0 saturated heterocycles. The number of rotatable bonds is 1. The van der Waals surface area contributed by atoms with E-state index < -0.39 is 0 Å². The van der Waals surface area contributed by atoms with Gasteiger partial charge in [-0.25, -0.2) is 4.79 Å². The molecule has 4 nitrogen and oxygen atoms in total. The number of aryl methyl sites for hydroxylation is 2. The number of benzene rings is 1. The van der Waals surface area contributed by atoms with E-state index in [1.807, 2.05) is 31.2 Å². The van der Waals surface area contributed by atoms with Crippen LogP contribution in [-0.4, -0.2) is 9.13 Å². The average Bonchev–Trinajstić information content (AvgIpc) is 2.32. The summed E-state index contributed by atoms with van der Waals surface area (Å²) in [5, 5.41) is 0. The van der Waals surface area contributed by atoms with E-state index in [0.717, 1.165) is 15.7 Å². The molecule has 0 atom stereocenters. The largest absolute Gasteiger partial charge is 0.330 e. The van der Waals surface area contributed by atoms with Gasteiger partial charge in [-0.1, -0.05) is 24.3 Å². The summed E-state index contributed by atoms with van der Waals surface area (Å²) in [5.41, 5.74) is 1.86. The third-order valence-corrected chi connectivity index (χ3v) is 2.88. The molecule has 2 aromatic rings. The quantitative estimate of drug-likeness (QED) is 0.735. The molecule has 4 heteroatoms. The maximum atomic E-state index is 12.0. The summed E-state index contributed by atoms with van der Waals surface area (Å²) in [5.74, 6) is 0. The van der Waals surface area contributed by atoms with Crippen LogP contribution >= 0.6 is 0 Å². The number of nitrogens with zero attached hydrogens (tertiary/aromatic N) is 2. The minimum absolute atomic E-state index is 0.262. The van der Waals surface area contributed by atoms with Crippen molar-refractivity contribution in [2.24, 2.45) is 14.1 Å². The van der Waals surface area contributed by atoms with E-state index in [4.69, 9.17) is 0 Å². The highest BCUT2D eigenvalue weighted by atomic mass is 16.2. The maximum absolute atomic E-state index is 12.0. The fourth-order valence-corrected chi connectivity index (χ4v) is 1.87. The Balaban J connectivity index is 2.83. The van der Waals surface area contributed by atoms with Crippen molar-refractivity contribution in [2.75, 3.05) is 0 Å². The van der Waals surface area contributed by atoms with Gasteiger partial charge in [-0.2, -0.15) is 0 Å². The summed E-state index contributed by atoms with van der Waals surface area (Å²) in [6.45, 7) is 1.94. The van der Waals surface area contributed by atoms with Crippen LogP contribution in [-0.2, 0) is 14.1 Å². The van der Waals surface area contributed by atoms with Crippen molar-refractivity contribution in [1.82, 2.24) is 9.13 Å². The third-order valence-electron chi connectivity index (χ3n) is 2.88. The van der Waals surface area contributed by atoms with Crippen LogP contribution in [0.5, 0.6) is 0 Å². The molecule has 1 heterocycles. The Kier molecular flexibility index (Phi) is 2.71. The van der Waals surface area contributed by atoms with Crippen molar-refractivity contribution in [1.29, 1.82) is 0 Å². The normalized spacial score (nSPS) is 10.5. The molecule has 1 aromatic heterocycles. The summed E-state index contributed by atoms with van der Waals surface area (Å²) in [6.07, 6.45) is 1.59. The molecular formula is C13H14N2O2. The molecule has 88 valence electrons. The SMILES string of the molecule is Cc1ccccc1-c1cn(C)c(=O)n(C)c1=O. The highest BCUT2D eigenvalue weighted by molar-refractivity contribution is 5.65. The molecule has 0 aliphatic heterocycles. The number of hydrogen-bond donors (Lipinski definition) is 0. The molecule has 2 rings (SSSR count). The molecule has 0 aliphatic rings. The predicted octanol–water partition coefficient (Wildman–Crippen LogP) is 1.06. The Morgan fingerprint density at radius 2 is 1.65 bits per heavy atom. The van der Waals surface area contributed by atoms with Crippen molar-refractivity contribution < 1.29 is 0 Å². The van der Waals surface area contributed by atoms with E-state index >= 15 is 0 Å². The first-order chi connectivity index (χ1) is 8.02. The summed E-state index contributed by atoms with van der Waals surface area (Å²) in [6, 6.07) is 7.63. The summed E-state index contributed by atoms with van der Waals surface area (Å²) >= 11 is 0. The molecule has 0 fully saturated rings. The van der Waals surface area contributed by atoms with Crippen LogP contribution in [0.4, 0.5) is 0 Å². The zero-order valence-corrected chi connectivity index (χ0v) is 10.1. The van der Waals surface area contributed by atoms with E-state index in [1.165, 1.54) is 11.6 Å². The molecule has 0 bridgehead atoms. The van der Waals surface area contributed by atoms with Crippen LogP contribution in [0, 0.1) is 6.92 Å². The molecule has 0 amide bonds. The Bertz CT molecular complexity index is 681. The lowest BCUT2D eigenvalue weighted by atomic mass is 10.0. The lowest BCUT2D eigenvalue weighted by Crippen LogP contribution is -2.37. The molecule has 0 saturated carbocycles. The van der Waals surface area contributed by atoms with Crippen LogP contribution in [0.15, 0.2) is 40.1 Å². The van der Waals surface area contributed by atoms with E-state index in [-0.39, 0.29) is 11.2 Å². The van der Waals surface area contributed by atoms with Gasteiger partial charge in [-0.15, -0.1) is 0 Å². The van der Waals surface area contributed by atoms with E-state index in [1.54, 1.807) is 13.2 Å². The minimum atomic E-state index is -0.313. The molecule has 1 aromatic carbocycles. The van der Waals surface area contributed by atoms with Gasteiger partial charge in [0.2, 0.25) is 0 Å². The Labute approximate surface area is 98.8 Å². The Hall–Kier alpha value is -2.10. The zero-order chi connectivity index (χ0) is 12.6. The third kappa shape index (κ3) is 1.82. The molecule has 17 heavy (non-hydrogen) atoms. The fraction of sp³-hybridized carbons (Fsp3) is 0.231. The van der Waals surface area contributed by atoms with Gasteiger partial charge in [0.1, 0.15) is 0 Å². The second-order valence-electron chi connectivity index (χ2n) is 4.12. The van der Waals surface area contributed by atoms with Crippen LogP contribution in [0.3, 0.4) is 0 Å². The molecule has 0 spiro atoms. The van der Waals surface area contributed by atoms with E-state index in [9.17, 15) is 9.59 Å². The maximum Gasteiger partial charge on any atom is 0.330 e. The molecule has 0 unspecified atom stereocenters. The van der Waals surface area contributed by atoms with Crippen molar-refractivity contribution >= 4 is 0 Å². The van der Waals surface area contributed by atoms with Crippen LogP contribution in [0.2, 0.25) is 0 Å². The molecule has 0 aliphatic carbocycles. The summed E-state index contributed by atoms with van der Waals surface area (Å²) in [7, 11) is 3.13. The molecule has 0 N–H and O–H groups in total. The smallest absolute Gasteiger partial charge is 0.303 e. The minimum Gasteiger partial charge on any atom is -0.303 e. The first-order valence-corrected chi connectivity index (χ1v) is 5.35. The highest BCUT2D eigenvalue weighted by Gasteiger charge is 2.10. The summed E-state index contributed by atoms with van der Waals surface area (Å²) < 4.78 is 2.55. The second-order valence-corrected chi connectivity index (χ2v) is 4.12. The number of aromatic nitrogens is 2. The van der Waals surface area contributed by atoms with Gasteiger partial charge in [-0.3, -0.25) is 9.36 Å². The fourth-order valence-electron chi connectivity index (χ4n) is 1.87. The standard InChI is InChI=1S/C13H14N2O2/c1-9-6-4-5-7-10(9)11-8-14(2)13(17)15(3)12(11)16/h4-8H,1-3H3. The lowest BCUT2D eigenvalue weighted by Gasteiger charge is -2.08. The van der Waals surface area contributed by atoms with Gasteiger partial charge in [-0.05, 0) is 18.1 Å². The number of hydrogen-bond acceptors (Lipinski definition) is 2. The Morgan fingerprint density at radius 3 is 2.29 bits per heavy atom. The van der Waals surface area contributed by atoms with Crippen LogP contribution in [0.25, 0.3) is 11.1 Å². The van der Waals surface area contributed by atoms with Gasteiger partial charge in [0, 0.05) is 20.3 Å². The van der Waals surface area contributed by atoms with Gasteiger partial charge in [0.25, 0.3) is 5.56 Å². The van der Waals surface area contributed by atoms with Gasteiger partial charge >= 0.3 is 5.69 Å². The second kappa shape index (κ2) is 4.05. The van der Waals surface area contributed by atoms with Crippen LogP contribution in [0.1, 0.15) is 5.56 Å². The van der Waals surface area contributed by atoms with Crippen molar-refractivity contribution in [2.45, 2.75) is 6.92 Å². The van der Waals surface area contributed by atoms with Crippen molar-refractivity contribution in [3.05, 3.63) is 56.9 Å². The van der Waals surface area contributed by atoms with Gasteiger partial charge in [0.15, 0.2) is 0 Å². The van der Waals surface area contributed by atoms with E-state index in [2.05, 4.69) is 0 Å². The predicted molar refractivity (Wildman–Crippen MR) is 67.1 cm³/mol. The summed E-state index contributed by atoms with van der Waals surface area (Å²) in [4.78, 5) is 23.6. The van der Waals surface area contributed by atoms with E-state index in [0.29, 0.717) is 5.56 Å².